The zero-order chi connectivity index (χ0) is 11.5. The monoisotopic (exact) mass is 216 g/mol. The van der Waals surface area contributed by atoms with Crippen molar-refractivity contribution in [2.45, 2.75) is 6.54 Å². The molecule has 0 unspecified atom stereocenters. The zero-order valence-electron chi connectivity index (χ0n) is 8.92. The zero-order valence-corrected chi connectivity index (χ0v) is 8.92. The number of hydrogen-bond donors (Lipinski definition) is 1. The highest BCUT2D eigenvalue weighted by atomic mass is 16.1. The molecule has 82 valence electrons. The van der Waals surface area contributed by atoms with Gasteiger partial charge in [0.2, 0.25) is 0 Å². The van der Waals surface area contributed by atoms with E-state index >= 15 is 0 Å². The summed E-state index contributed by atoms with van der Waals surface area (Å²) < 4.78 is 1.28. The smallest absolute Gasteiger partial charge is 0.271 e. The topological polar surface area (TPSA) is 73.8 Å². The van der Waals surface area contributed by atoms with Crippen LogP contribution in [0.5, 0.6) is 0 Å². The van der Waals surface area contributed by atoms with Crippen LogP contribution in [0.15, 0.2) is 35.3 Å². The highest BCUT2D eigenvalue weighted by molar-refractivity contribution is 5.53. The van der Waals surface area contributed by atoms with E-state index < -0.39 is 0 Å². The highest BCUT2D eigenvalue weighted by Gasteiger charge is 2.06. The van der Waals surface area contributed by atoms with Crippen molar-refractivity contribution in [3.63, 3.8) is 0 Å². The maximum absolute atomic E-state index is 11.6. The molecule has 0 fully saturated rings. The van der Waals surface area contributed by atoms with Gasteiger partial charge in [-0.2, -0.15) is 5.10 Å². The molecule has 0 saturated heterocycles. The molecule has 2 aromatic heterocycles. The molecule has 0 bridgehead atoms. The first-order valence-corrected chi connectivity index (χ1v) is 4.91. The second-order valence-electron chi connectivity index (χ2n) is 3.40. The number of aromatic nitrogens is 3. The largest absolute Gasteiger partial charge is 0.326 e. The second-order valence-corrected chi connectivity index (χ2v) is 3.40. The molecular formula is C11H12N4O. The van der Waals surface area contributed by atoms with Crippen molar-refractivity contribution in [1.82, 2.24) is 14.8 Å². The first-order valence-electron chi connectivity index (χ1n) is 4.91. The van der Waals surface area contributed by atoms with Crippen LogP contribution in [0.1, 0.15) is 5.56 Å². The second kappa shape index (κ2) is 4.24. The van der Waals surface area contributed by atoms with Gasteiger partial charge in [-0.05, 0) is 18.2 Å². The lowest BCUT2D eigenvalue weighted by molar-refractivity contribution is 0.696. The van der Waals surface area contributed by atoms with Gasteiger partial charge in [0.1, 0.15) is 5.69 Å². The predicted molar refractivity (Wildman–Crippen MR) is 60.6 cm³/mol. The van der Waals surface area contributed by atoms with Crippen LogP contribution in [0.25, 0.3) is 11.4 Å². The number of pyridine rings is 1. The summed E-state index contributed by atoms with van der Waals surface area (Å²) in [5.41, 5.74) is 7.27. The lowest BCUT2D eigenvalue weighted by atomic mass is 10.2. The van der Waals surface area contributed by atoms with Crippen LogP contribution in [0.4, 0.5) is 0 Å². The summed E-state index contributed by atoms with van der Waals surface area (Å²) >= 11 is 0. The first-order chi connectivity index (χ1) is 7.72. The van der Waals surface area contributed by atoms with Crippen LogP contribution in [0.2, 0.25) is 0 Å². The van der Waals surface area contributed by atoms with Gasteiger partial charge in [0.25, 0.3) is 5.56 Å². The lowest BCUT2D eigenvalue weighted by Crippen LogP contribution is -2.25. The molecule has 0 aliphatic rings. The molecule has 2 aromatic rings. The average Bonchev–Trinajstić information content (AvgIpc) is 2.33. The molecule has 5 nitrogen and oxygen atoms in total. The Morgan fingerprint density at radius 2 is 2.19 bits per heavy atom. The van der Waals surface area contributed by atoms with E-state index in [0.29, 0.717) is 11.3 Å². The molecule has 16 heavy (non-hydrogen) atoms. The highest BCUT2D eigenvalue weighted by Crippen LogP contribution is 2.12. The van der Waals surface area contributed by atoms with Crippen LogP contribution in [0.3, 0.4) is 0 Å². The summed E-state index contributed by atoms with van der Waals surface area (Å²) in [6, 6.07) is 7.23. The molecule has 0 spiro atoms. The first kappa shape index (κ1) is 10.5. The average molecular weight is 216 g/mol. The lowest BCUT2D eigenvalue weighted by Gasteiger charge is -2.05. The SMILES string of the molecule is Cn1nc(-c2ccccn2)cc(CN)c1=O. The molecule has 0 aromatic carbocycles. The Bertz CT molecular complexity index is 548. The van der Waals surface area contributed by atoms with Gasteiger partial charge >= 0.3 is 0 Å². The van der Waals surface area contributed by atoms with E-state index in [1.54, 1.807) is 19.3 Å². The van der Waals surface area contributed by atoms with Gasteiger partial charge < -0.3 is 5.73 Å². The Kier molecular flexibility index (Phi) is 2.78. The van der Waals surface area contributed by atoms with Gasteiger partial charge in [0, 0.05) is 25.4 Å². The van der Waals surface area contributed by atoms with Gasteiger partial charge in [-0.25, -0.2) is 4.68 Å². The van der Waals surface area contributed by atoms with Gasteiger partial charge in [-0.1, -0.05) is 6.07 Å². The standard InChI is InChI=1S/C11H12N4O/c1-15-11(16)8(7-12)6-10(14-15)9-4-2-3-5-13-9/h2-6H,7,12H2,1H3. The Balaban J connectivity index is 2.60. The molecule has 0 radical (unpaired) electrons. The van der Waals surface area contributed by atoms with E-state index in [9.17, 15) is 4.79 Å². The van der Waals surface area contributed by atoms with Crippen molar-refractivity contribution in [2.75, 3.05) is 0 Å². The Morgan fingerprint density at radius 3 is 2.81 bits per heavy atom. The third-order valence-electron chi connectivity index (χ3n) is 2.28. The van der Waals surface area contributed by atoms with E-state index in [1.807, 2.05) is 18.2 Å². The third-order valence-corrected chi connectivity index (χ3v) is 2.28. The Hall–Kier alpha value is -2.01. The maximum atomic E-state index is 11.6. The quantitative estimate of drug-likeness (QED) is 0.783. The molecular weight excluding hydrogens is 204 g/mol. The maximum Gasteiger partial charge on any atom is 0.271 e. The molecule has 2 N–H and O–H groups in total. The van der Waals surface area contributed by atoms with Gasteiger partial charge in [-0.3, -0.25) is 9.78 Å². The summed E-state index contributed by atoms with van der Waals surface area (Å²) in [6.07, 6.45) is 1.68. The van der Waals surface area contributed by atoms with Crippen molar-refractivity contribution in [2.24, 2.45) is 12.8 Å². The third kappa shape index (κ3) is 1.85. The molecule has 0 aliphatic carbocycles. The predicted octanol–water partition coefficient (Wildman–Crippen LogP) is 0.301. The van der Waals surface area contributed by atoms with E-state index in [4.69, 9.17) is 5.73 Å². The van der Waals surface area contributed by atoms with Crippen molar-refractivity contribution in [3.05, 3.63) is 46.4 Å². The van der Waals surface area contributed by atoms with Crippen LogP contribution >= 0.6 is 0 Å². The molecule has 2 heterocycles. The van der Waals surface area contributed by atoms with Crippen molar-refractivity contribution in [1.29, 1.82) is 0 Å². The number of nitrogens with two attached hydrogens (primary N) is 1. The van der Waals surface area contributed by atoms with Crippen molar-refractivity contribution < 1.29 is 0 Å². The minimum Gasteiger partial charge on any atom is -0.326 e. The van der Waals surface area contributed by atoms with E-state index in [1.165, 1.54) is 4.68 Å². The number of hydrogen-bond acceptors (Lipinski definition) is 4. The van der Waals surface area contributed by atoms with Crippen molar-refractivity contribution in [3.8, 4) is 11.4 Å². The molecule has 0 saturated carbocycles. The summed E-state index contributed by atoms with van der Waals surface area (Å²) in [5, 5.41) is 4.14. The number of aryl methyl sites for hydroxylation is 1. The molecule has 0 amide bonds. The van der Waals surface area contributed by atoms with Crippen LogP contribution in [-0.2, 0) is 13.6 Å². The summed E-state index contributed by atoms with van der Waals surface area (Å²) in [4.78, 5) is 15.8. The number of nitrogens with zero attached hydrogens (tertiary/aromatic N) is 3. The van der Waals surface area contributed by atoms with E-state index in [0.717, 1.165) is 5.69 Å². The van der Waals surface area contributed by atoms with Crippen LogP contribution < -0.4 is 11.3 Å². The fourth-order valence-electron chi connectivity index (χ4n) is 1.46. The fourth-order valence-corrected chi connectivity index (χ4v) is 1.46. The molecule has 2 rings (SSSR count). The molecule has 5 heteroatoms. The van der Waals surface area contributed by atoms with Gasteiger partial charge in [0.15, 0.2) is 0 Å². The molecule has 0 aliphatic heterocycles. The van der Waals surface area contributed by atoms with E-state index in [-0.39, 0.29) is 12.1 Å². The van der Waals surface area contributed by atoms with Crippen molar-refractivity contribution >= 4 is 0 Å². The Morgan fingerprint density at radius 1 is 1.38 bits per heavy atom. The minimum atomic E-state index is -0.165. The summed E-state index contributed by atoms with van der Waals surface area (Å²) in [7, 11) is 1.61. The van der Waals surface area contributed by atoms with E-state index in [2.05, 4.69) is 10.1 Å². The number of rotatable bonds is 2. The van der Waals surface area contributed by atoms with Gasteiger partial charge in [0.05, 0.1) is 5.69 Å². The normalized spacial score (nSPS) is 10.4. The Labute approximate surface area is 92.6 Å². The summed E-state index contributed by atoms with van der Waals surface area (Å²) in [5.74, 6) is 0. The summed E-state index contributed by atoms with van der Waals surface area (Å²) in [6.45, 7) is 0.203. The minimum absolute atomic E-state index is 0.165. The molecule has 0 atom stereocenters. The van der Waals surface area contributed by atoms with Crippen LogP contribution in [0, 0.1) is 0 Å². The van der Waals surface area contributed by atoms with Gasteiger partial charge in [-0.15, -0.1) is 0 Å². The fraction of sp³-hybridized carbons (Fsp3) is 0.182. The van der Waals surface area contributed by atoms with Crippen LogP contribution in [-0.4, -0.2) is 14.8 Å².